The predicted octanol–water partition coefficient (Wildman–Crippen LogP) is 3.69. The molecule has 0 aliphatic rings. The number of aryl methyl sites for hydroxylation is 1. The lowest BCUT2D eigenvalue weighted by Gasteiger charge is -2.23. The molecule has 2 aromatic rings. The Morgan fingerprint density at radius 1 is 1.41 bits per heavy atom. The average Bonchev–Trinajstić information content (AvgIpc) is 2.96. The first-order valence-corrected chi connectivity index (χ1v) is 6.73. The third kappa shape index (κ3) is 2.15. The zero-order valence-corrected chi connectivity index (χ0v) is 11.3. The van der Waals surface area contributed by atoms with Crippen molar-refractivity contribution in [2.45, 2.75) is 39.2 Å². The molecule has 2 N–H and O–H groups in total. The first-order valence-electron chi connectivity index (χ1n) is 5.91. The second-order valence-corrected chi connectivity index (χ2v) is 5.47. The van der Waals surface area contributed by atoms with Gasteiger partial charge in [0, 0.05) is 4.88 Å². The maximum Gasteiger partial charge on any atom is 0.153 e. The number of thiazole rings is 1. The first-order chi connectivity index (χ1) is 8.10. The molecule has 3 nitrogen and oxygen atoms in total. The summed E-state index contributed by atoms with van der Waals surface area (Å²) >= 11 is 1.67. The summed E-state index contributed by atoms with van der Waals surface area (Å²) in [4.78, 5) is 5.82. The summed E-state index contributed by atoms with van der Waals surface area (Å²) in [6.07, 6.45) is 3.46. The molecular formula is C13H18N2OS. The van der Waals surface area contributed by atoms with Gasteiger partial charge in [0.05, 0.1) is 11.8 Å². The molecule has 0 fully saturated rings. The van der Waals surface area contributed by atoms with Crippen LogP contribution in [-0.4, -0.2) is 4.98 Å². The average molecular weight is 250 g/mol. The maximum atomic E-state index is 6.37. The molecule has 0 radical (unpaired) electrons. The Balaban J connectivity index is 2.44. The van der Waals surface area contributed by atoms with Gasteiger partial charge in [-0.25, -0.2) is 4.98 Å². The van der Waals surface area contributed by atoms with Crippen molar-refractivity contribution in [2.24, 2.45) is 5.73 Å². The molecule has 0 saturated carbocycles. The van der Waals surface area contributed by atoms with Gasteiger partial charge in [-0.15, -0.1) is 11.3 Å². The number of aromatic nitrogens is 1. The Kier molecular flexibility index (Phi) is 3.35. The van der Waals surface area contributed by atoms with E-state index >= 15 is 0 Å². The van der Waals surface area contributed by atoms with Gasteiger partial charge in [-0.1, -0.05) is 13.8 Å². The van der Waals surface area contributed by atoms with Crippen molar-refractivity contribution >= 4 is 11.3 Å². The standard InChI is InChI=1S/C13H18N2OS/c1-4-13(14,5-2)12-15-11(9(3)17-12)10-7-6-8-16-10/h6-8H,4-5,14H2,1-3H3. The van der Waals surface area contributed by atoms with Gasteiger partial charge in [-0.05, 0) is 31.9 Å². The molecule has 0 aliphatic carbocycles. The number of nitrogens with two attached hydrogens (primary N) is 1. The van der Waals surface area contributed by atoms with Gasteiger partial charge < -0.3 is 10.2 Å². The van der Waals surface area contributed by atoms with E-state index in [2.05, 4.69) is 25.8 Å². The van der Waals surface area contributed by atoms with Gasteiger partial charge in [0.1, 0.15) is 10.7 Å². The summed E-state index contributed by atoms with van der Waals surface area (Å²) in [5.74, 6) is 0.819. The van der Waals surface area contributed by atoms with Crippen LogP contribution in [0.1, 0.15) is 36.6 Å². The Labute approximate surface area is 106 Å². The monoisotopic (exact) mass is 250 g/mol. The normalized spacial score (nSPS) is 12.0. The Hall–Kier alpha value is -1.13. The lowest BCUT2D eigenvalue weighted by atomic mass is 9.95. The predicted molar refractivity (Wildman–Crippen MR) is 71.0 cm³/mol. The summed E-state index contributed by atoms with van der Waals surface area (Å²) in [6, 6.07) is 3.81. The maximum absolute atomic E-state index is 6.37. The molecule has 2 aromatic heterocycles. The number of hydrogen-bond acceptors (Lipinski definition) is 4. The minimum absolute atomic E-state index is 0.305. The minimum Gasteiger partial charge on any atom is -0.463 e. The number of furan rings is 1. The van der Waals surface area contributed by atoms with E-state index < -0.39 is 0 Å². The van der Waals surface area contributed by atoms with Crippen LogP contribution in [0.25, 0.3) is 11.5 Å². The molecule has 0 saturated heterocycles. The van der Waals surface area contributed by atoms with Gasteiger partial charge in [-0.2, -0.15) is 0 Å². The number of rotatable bonds is 4. The molecule has 0 aromatic carbocycles. The molecule has 2 heterocycles. The molecule has 0 aliphatic heterocycles. The smallest absolute Gasteiger partial charge is 0.153 e. The van der Waals surface area contributed by atoms with Crippen LogP contribution < -0.4 is 5.73 Å². The van der Waals surface area contributed by atoms with Crippen LogP contribution in [0, 0.1) is 6.92 Å². The molecule has 0 spiro atoms. The van der Waals surface area contributed by atoms with E-state index in [9.17, 15) is 0 Å². The lowest BCUT2D eigenvalue weighted by molar-refractivity contribution is 0.410. The van der Waals surface area contributed by atoms with Gasteiger partial charge in [-0.3, -0.25) is 0 Å². The SMILES string of the molecule is CCC(N)(CC)c1nc(-c2ccco2)c(C)s1. The van der Waals surface area contributed by atoms with Crippen LogP contribution in [0.4, 0.5) is 0 Å². The van der Waals surface area contributed by atoms with Gasteiger partial charge in [0.25, 0.3) is 0 Å². The first kappa shape index (κ1) is 12.3. The van der Waals surface area contributed by atoms with E-state index in [4.69, 9.17) is 10.2 Å². The molecule has 92 valence electrons. The van der Waals surface area contributed by atoms with E-state index in [-0.39, 0.29) is 5.54 Å². The van der Waals surface area contributed by atoms with Crippen LogP contribution in [0.2, 0.25) is 0 Å². The van der Waals surface area contributed by atoms with Crippen molar-refractivity contribution in [3.8, 4) is 11.5 Å². The highest BCUT2D eigenvalue weighted by molar-refractivity contribution is 7.12. The van der Waals surface area contributed by atoms with Crippen LogP contribution in [0.15, 0.2) is 22.8 Å². The Bertz CT molecular complexity index is 483. The summed E-state index contributed by atoms with van der Waals surface area (Å²) in [5.41, 5.74) is 6.99. The van der Waals surface area contributed by atoms with Gasteiger partial charge in [0.2, 0.25) is 0 Å². The fourth-order valence-corrected chi connectivity index (χ4v) is 2.97. The summed E-state index contributed by atoms with van der Waals surface area (Å²) in [5, 5.41) is 1.01. The third-order valence-electron chi connectivity index (χ3n) is 3.24. The highest BCUT2D eigenvalue weighted by Gasteiger charge is 2.28. The van der Waals surface area contributed by atoms with Gasteiger partial charge in [0.15, 0.2) is 5.76 Å². The van der Waals surface area contributed by atoms with E-state index in [1.165, 1.54) is 0 Å². The fraction of sp³-hybridized carbons (Fsp3) is 0.462. The molecule has 0 amide bonds. The van der Waals surface area contributed by atoms with E-state index in [0.717, 1.165) is 34.2 Å². The number of nitrogens with zero attached hydrogens (tertiary/aromatic N) is 1. The second kappa shape index (κ2) is 4.63. The third-order valence-corrected chi connectivity index (χ3v) is 4.43. The fourth-order valence-electron chi connectivity index (χ4n) is 1.80. The Morgan fingerprint density at radius 2 is 2.12 bits per heavy atom. The Morgan fingerprint density at radius 3 is 2.65 bits per heavy atom. The van der Waals surface area contributed by atoms with E-state index in [1.807, 2.05) is 12.1 Å². The summed E-state index contributed by atoms with van der Waals surface area (Å²) in [6.45, 7) is 6.27. The molecule has 0 unspecified atom stereocenters. The summed E-state index contributed by atoms with van der Waals surface area (Å²) < 4.78 is 5.40. The van der Waals surface area contributed by atoms with Crippen molar-refractivity contribution in [3.63, 3.8) is 0 Å². The zero-order chi connectivity index (χ0) is 12.5. The second-order valence-electron chi connectivity index (χ2n) is 4.26. The minimum atomic E-state index is -0.305. The highest BCUT2D eigenvalue weighted by Crippen LogP contribution is 2.35. The highest BCUT2D eigenvalue weighted by atomic mass is 32.1. The molecular weight excluding hydrogens is 232 g/mol. The molecule has 2 rings (SSSR count). The lowest BCUT2D eigenvalue weighted by Crippen LogP contribution is -2.34. The molecule has 17 heavy (non-hydrogen) atoms. The van der Waals surface area contributed by atoms with Crippen molar-refractivity contribution in [3.05, 3.63) is 28.3 Å². The van der Waals surface area contributed by atoms with Crippen LogP contribution >= 0.6 is 11.3 Å². The number of hydrogen-bond donors (Lipinski definition) is 1. The van der Waals surface area contributed by atoms with E-state index in [0.29, 0.717) is 0 Å². The van der Waals surface area contributed by atoms with Crippen molar-refractivity contribution in [1.29, 1.82) is 0 Å². The van der Waals surface area contributed by atoms with Crippen molar-refractivity contribution in [2.75, 3.05) is 0 Å². The quantitative estimate of drug-likeness (QED) is 0.900. The topological polar surface area (TPSA) is 52.0 Å². The van der Waals surface area contributed by atoms with Crippen LogP contribution in [-0.2, 0) is 5.54 Å². The van der Waals surface area contributed by atoms with Crippen LogP contribution in [0.5, 0.6) is 0 Å². The van der Waals surface area contributed by atoms with Crippen LogP contribution in [0.3, 0.4) is 0 Å². The van der Waals surface area contributed by atoms with Gasteiger partial charge >= 0.3 is 0 Å². The zero-order valence-electron chi connectivity index (χ0n) is 10.5. The summed E-state index contributed by atoms with van der Waals surface area (Å²) in [7, 11) is 0. The van der Waals surface area contributed by atoms with Crippen molar-refractivity contribution in [1.82, 2.24) is 4.98 Å². The molecule has 4 heteroatoms. The molecule has 0 bridgehead atoms. The largest absolute Gasteiger partial charge is 0.463 e. The van der Waals surface area contributed by atoms with Crippen molar-refractivity contribution < 1.29 is 4.42 Å². The molecule has 0 atom stereocenters. The van der Waals surface area contributed by atoms with E-state index in [1.54, 1.807) is 17.6 Å².